The first-order valence-corrected chi connectivity index (χ1v) is 24.1. The molecule has 0 aliphatic carbocycles. The summed E-state index contributed by atoms with van der Waals surface area (Å²) in [5.41, 5.74) is 0.892. The van der Waals surface area contributed by atoms with E-state index in [1.54, 1.807) is 0 Å². The Hall–Kier alpha value is -7.41. The molecule has 0 unspecified atom stereocenters. The largest absolute Gasteiger partial charge is 0.508 e. The van der Waals surface area contributed by atoms with Crippen molar-refractivity contribution in [1.82, 2.24) is 0 Å². The second kappa shape index (κ2) is 25.1. The lowest BCUT2D eigenvalue weighted by Gasteiger charge is -2.45. The molecule has 15 atom stereocenters. The van der Waals surface area contributed by atoms with Crippen LogP contribution in [0.25, 0.3) is 34.4 Å². The van der Waals surface area contributed by atoms with Crippen molar-refractivity contribution in [3.8, 4) is 57.3 Å². The maximum absolute atomic E-state index is 13.1. The molecule has 26 nitrogen and oxygen atoms in total. The van der Waals surface area contributed by atoms with Gasteiger partial charge in [0, 0.05) is 24.3 Å². The fraction of sp³-hybridized carbons (Fsp3) is 0.377. The molecule has 0 amide bonds. The maximum atomic E-state index is 13.1. The molecule has 1 aromatic heterocycles. The molecule has 79 heavy (non-hydrogen) atoms. The van der Waals surface area contributed by atoms with Gasteiger partial charge >= 0.3 is 23.3 Å². The van der Waals surface area contributed by atoms with Crippen molar-refractivity contribution in [1.29, 1.82) is 0 Å². The quantitative estimate of drug-likeness (QED) is 0.0310. The van der Waals surface area contributed by atoms with Gasteiger partial charge in [0.25, 0.3) is 0 Å². The van der Waals surface area contributed by atoms with E-state index in [2.05, 4.69) is 0 Å². The van der Waals surface area contributed by atoms with E-state index in [1.165, 1.54) is 93.1 Å². The number of aliphatic hydroxyl groups excluding tert-OH is 9. The van der Waals surface area contributed by atoms with E-state index in [0.29, 0.717) is 11.1 Å². The number of benzene rings is 4. The van der Waals surface area contributed by atoms with Gasteiger partial charge in [0.05, 0.1) is 32.5 Å². The molecule has 3 saturated heterocycles. The molecule has 8 rings (SSSR count). The van der Waals surface area contributed by atoms with Crippen molar-refractivity contribution in [2.75, 3.05) is 34.0 Å². The highest BCUT2D eigenvalue weighted by molar-refractivity contribution is 5.89. The molecular weight excluding hydrogens is 1050 g/mol. The zero-order chi connectivity index (χ0) is 56.8. The van der Waals surface area contributed by atoms with Crippen molar-refractivity contribution in [2.45, 2.75) is 92.1 Å². The highest BCUT2D eigenvalue weighted by Gasteiger charge is 2.53. The van der Waals surface area contributed by atoms with Crippen LogP contribution in [-0.4, -0.2) is 204 Å². The van der Waals surface area contributed by atoms with E-state index < -0.39 is 130 Å². The third-order valence-corrected chi connectivity index (χ3v) is 12.9. The lowest BCUT2D eigenvalue weighted by atomic mass is 9.97. The Kier molecular flexibility index (Phi) is 18.4. The summed E-state index contributed by atoms with van der Waals surface area (Å²) in [6.45, 7) is -2.33. The van der Waals surface area contributed by atoms with Crippen molar-refractivity contribution < 1.29 is 128 Å². The number of ether oxygens (including phenoxy) is 10. The van der Waals surface area contributed by atoms with Crippen LogP contribution in [0.3, 0.4) is 0 Å². The average Bonchev–Trinajstić information content (AvgIpc) is 3.47. The Morgan fingerprint density at radius 2 is 1.04 bits per heavy atom. The van der Waals surface area contributed by atoms with Crippen molar-refractivity contribution in [2.24, 2.45) is 0 Å². The molecular formula is C53H57O26+. The van der Waals surface area contributed by atoms with Crippen molar-refractivity contribution in [3.05, 3.63) is 102 Å². The van der Waals surface area contributed by atoms with Crippen molar-refractivity contribution >= 4 is 35.1 Å². The number of carbonyl (C=O) groups excluding carboxylic acids is 2. The fourth-order valence-corrected chi connectivity index (χ4v) is 8.54. The number of carbonyl (C=O) groups is 2. The molecule has 5 aromatic rings. The first kappa shape index (κ1) is 57.8. The van der Waals surface area contributed by atoms with Crippen LogP contribution in [0, 0.1) is 0 Å². The number of phenolic OH excluding ortho intramolecular Hbond substituents is 4. The summed E-state index contributed by atoms with van der Waals surface area (Å²) in [5.74, 6) is -3.47. The molecule has 4 aromatic carbocycles. The molecule has 0 radical (unpaired) electrons. The SMILES string of the molecule is COc1cc(/C=C/C(=O)OC[C@@H]2O[C@@H](O[C@H]3[C@H](Oc4cc5c(O[C@@H]6O[C@H](CO)[C@@H](O)[C@H](O)[C@H]6O)cc(O)cc5[o+]c4-c4ccc(O)cc4)O[C@H](COC(=O)/C=C/c4ccc(O)c(OC)c4)[C@@H](O)[C@@H]3O)[C@@H](O)[C@@H](O)[C@@H]2O)ccc1O. The zero-order valence-corrected chi connectivity index (χ0v) is 41.7. The number of phenols is 4. The van der Waals surface area contributed by atoms with Crippen LogP contribution in [-0.2, 0) is 38.0 Å². The summed E-state index contributed by atoms with van der Waals surface area (Å²) in [6.07, 6.45) is -23.6. The number of esters is 2. The number of aromatic hydroxyl groups is 4. The average molecular weight is 1110 g/mol. The van der Waals surface area contributed by atoms with Crippen LogP contribution in [0.1, 0.15) is 11.1 Å². The summed E-state index contributed by atoms with van der Waals surface area (Å²) in [4.78, 5) is 25.9. The number of aliphatic hydroxyl groups is 9. The Balaban J connectivity index is 1.11. The number of hydrogen-bond donors (Lipinski definition) is 13. The Morgan fingerprint density at radius 1 is 0.532 bits per heavy atom. The minimum atomic E-state index is -2.13. The molecule has 4 heterocycles. The highest BCUT2D eigenvalue weighted by atomic mass is 16.8. The van der Waals surface area contributed by atoms with E-state index in [-0.39, 0.29) is 62.5 Å². The summed E-state index contributed by atoms with van der Waals surface area (Å²) in [7, 11) is 2.66. The van der Waals surface area contributed by atoms with E-state index in [0.717, 1.165) is 24.3 Å². The summed E-state index contributed by atoms with van der Waals surface area (Å²) in [6, 6.07) is 17.3. The monoisotopic (exact) mass is 1110 g/mol. The Morgan fingerprint density at radius 3 is 1.59 bits per heavy atom. The second-order valence-electron chi connectivity index (χ2n) is 18.2. The third kappa shape index (κ3) is 13.2. The first-order chi connectivity index (χ1) is 37.8. The predicted molar refractivity (Wildman–Crippen MR) is 266 cm³/mol. The van der Waals surface area contributed by atoms with Crippen LogP contribution in [0.2, 0.25) is 0 Å². The molecule has 3 aliphatic rings. The minimum Gasteiger partial charge on any atom is -0.508 e. The van der Waals surface area contributed by atoms with Gasteiger partial charge in [0.1, 0.15) is 103 Å². The van der Waals surface area contributed by atoms with Crippen molar-refractivity contribution in [3.63, 3.8) is 0 Å². The van der Waals surface area contributed by atoms with Gasteiger partial charge in [-0.15, -0.1) is 0 Å². The molecule has 0 spiro atoms. The smallest absolute Gasteiger partial charge is 0.402 e. The van der Waals surface area contributed by atoms with E-state index >= 15 is 0 Å². The summed E-state index contributed by atoms with van der Waals surface area (Å²) < 4.78 is 63.1. The Bertz CT molecular complexity index is 2980. The minimum absolute atomic E-state index is 0.0668. The van der Waals surface area contributed by atoms with Gasteiger partial charge in [-0.05, 0) is 71.8 Å². The molecule has 3 aliphatic heterocycles. The van der Waals surface area contributed by atoms with Gasteiger partial charge in [-0.3, -0.25) is 0 Å². The van der Waals surface area contributed by atoms with Crippen LogP contribution >= 0.6 is 0 Å². The predicted octanol–water partition coefficient (Wildman–Crippen LogP) is -0.0693. The lowest BCUT2D eigenvalue weighted by molar-refractivity contribution is -0.358. The van der Waals surface area contributed by atoms with Crippen LogP contribution < -0.4 is 18.9 Å². The fourth-order valence-electron chi connectivity index (χ4n) is 8.54. The number of methoxy groups -OCH3 is 2. The van der Waals surface area contributed by atoms with Gasteiger partial charge in [0.2, 0.25) is 18.3 Å². The summed E-state index contributed by atoms with van der Waals surface area (Å²) in [5, 5.41) is 139. The third-order valence-electron chi connectivity index (χ3n) is 12.9. The van der Waals surface area contributed by atoms with Crippen LogP contribution in [0.4, 0.5) is 0 Å². The van der Waals surface area contributed by atoms with Crippen LogP contribution in [0.15, 0.2) is 95.4 Å². The van der Waals surface area contributed by atoms with E-state index in [4.69, 9.17) is 51.8 Å². The summed E-state index contributed by atoms with van der Waals surface area (Å²) >= 11 is 0. The molecule has 0 bridgehead atoms. The van der Waals surface area contributed by atoms with Gasteiger partial charge in [-0.1, -0.05) is 12.1 Å². The standard InChI is InChI=1S/C53H56O26/c1-69-33-15-23(3-11-29(33)57)5-13-39(59)71-21-37-42(62)45(65)48(68)52(77-37)79-50-46(66)43(63)38(22-72-40(60)14-6-24-4-12-30(58)34(16-24)70-2)78-53(50)75-35-19-28-31(73-49(35)25-7-9-26(55)10-8-25)17-27(56)18-32(28)74-51-47(67)44(64)41(61)36(20-54)76-51/h3-19,36-38,41-48,50-54,61-68H,20-22H2,1-2H3,(H3-,55,56,57,58,59,60)/p+1/t36-,37+,38-,41-,42-,43-,44+,45+,46+,47-,48+,50-,51-,52+,53-/m1/s1. The van der Waals surface area contributed by atoms with Crippen LogP contribution in [0.5, 0.6) is 46.0 Å². The van der Waals surface area contributed by atoms with E-state index in [9.17, 15) is 76.0 Å². The maximum Gasteiger partial charge on any atom is 0.402 e. The Labute approximate surface area is 447 Å². The topological polar surface area (TPSA) is 401 Å². The first-order valence-electron chi connectivity index (χ1n) is 24.1. The second-order valence-corrected chi connectivity index (χ2v) is 18.2. The highest BCUT2D eigenvalue weighted by Crippen LogP contribution is 2.43. The van der Waals surface area contributed by atoms with Gasteiger partial charge in [0.15, 0.2) is 35.4 Å². The molecule has 26 heteroatoms. The molecule has 424 valence electrons. The number of fused-ring (bicyclic) bond motifs is 1. The normalized spacial score (nSPS) is 29.1. The lowest BCUT2D eigenvalue weighted by Crippen LogP contribution is -2.65. The zero-order valence-electron chi connectivity index (χ0n) is 41.7. The molecule has 3 fully saturated rings. The van der Waals surface area contributed by atoms with E-state index in [1.807, 2.05) is 0 Å². The van der Waals surface area contributed by atoms with Gasteiger partial charge in [-0.25, -0.2) is 14.0 Å². The van der Waals surface area contributed by atoms with Gasteiger partial charge < -0.3 is 114 Å². The molecule has 0 saturated carbocycles. The molecule has 13 N–H and O–H groups in total. The van der Waals surface area contributed by atoms with Gasteiger partial charge in [-0.2, -0.15) is 0 Å². The number of rotatable bonds is 18. The number of hydrogen-bond acceptors (Lipinski definition) is 25.